The summed E-state index contributed by atoms with van der Waals surface area (Å²) in [4.78, 5) is 27.5. The fourth-order valence-corrected chi connectivity index (χ4v) is 3.52. The fourth-order valence-electron chi connectivity index (χ4n) is 1.53. The molecule has 110 valence electrons. The minimum absolute atomic E-state index is 0.0552. The van der Waals surface area contributed by atoms with Gasteiger partial charge in [-0.25, -0.2) is 4.98 Å². The third-order valence-electron chi connectivity index (χ3n) is 2.73. The summed E-state index contributed by atoms with van der Waals surface area (Å²) in [6, 6.07) is 0.376. The zero-order valence-corrected chi connectivity index (χ0v) is 13.2. The highest BCUT2D eigenvalue weighted by Gasteiger charge is 2.26. The Hall–Kier alpha value is -1.08. The van der Waals surface area contributed by atoms with E-state index in [1.807, 2.05) is 12.3 Å². The molecule has 2 rings (SSSR count). The average molecular weight is 314 g/mol. The summed E-state index contributed by atoms with van der Waals surface area (Å²) in [7, 11) is 0. The number of ether oxygens (including phenoxy) is 1. The first-order chi connectivity index (χ1) is 9.58. The van der Waals surface area contributed by atoms with E-state index in [1.54, 1.807) is 6.92 Å². The van der Waals surface area contributed by atoms with Crippen LogP contribution in [0.3, 0.4) is 0 Å². The van der Waals surface area contributed by atoms with E-state index in [9.17, 15) is 9.59 Å². The predicted molar refractivity (Wildman–Crippen MR) is 78.9 cm³/mol. The van der Waals surface area contributed by atoms with Gasteiger partial charge in [0.05, 0.1) is 24.0 Å². The third kappa shape index (κ3) is 4.79. The first-order valence-corrected chi connectivity index (χ1v) is 8.41. The molecule has 1 aliphatic carbocycles. The molecule has 0 bridgehead atoms. The number of nitrogens with zero attached hydrogens (tertiary/aromatic N) is 1. The van der Waals surface area contributed by atoms with Crippen molar-refractivity contribution in [3.63, 3.8) is 0 Å². The van der Waals surface area contributed by atoms with E-state index in [0.29, 0.717) is 18.3 Å². The van der Waals surface area contributed by atoms with Crippen LogP contribution in [0, 0.1) is 0 Å². The largest absolute Gasteiger partial charge is 0.466 e. The zero-order valence-electron chi connectivity index (χ0n) is 11.5. The number of esters is 1. The fraction of sp³-hybridized carbons (Fsp3) is 0.615. The number of hydrogen-bond donors (Lipinski definition) is 1. The van der Waals surface area contributed by atoms with Crippen molar-refractivity contribution in [2.75, 3.05) is 6.61 Å². The molecular weight excluding hydrogens is 296 g/mol. The van der Waals surface area contributed by atoms with Crippen LogP contribution in [0.4, 0.5) is 0 Å². The topological polar surface area (TPSA) is 68.3 Å². The molecule has 1 aliphatic rings. The molecule has 1 aromatic rings. The van der Waals surface area contributed by atoms with Crippen LogP contribution in [0.5, 0.6) is 0 Å². The molecule has 1 aromatic heterocycles. The highest BCUT2D eigenvalue weighted by atomic mass is 32.2. The summed E-state index contributed by atoms with van der Waals surface area (Å²) in [5.41, 5.74) is 0.700. The molecule has 1 saturated carbocycles. The maximum Gasteiger partial charge on any atom is 0.311 e. The van der Waals surface area contributed by atoms with Crippen LogP contribution in [0.15, 0.2) is 9.72 Å². The van der Waals surface area contributed by atoms with Crippen LogP contribution in [-0.4, -0.2) is 34.8 Å². The minimum atomic E-state index is -0.270. The molecule has 0 radical (unpaired) electrons. The first-order valence-electron chi connectivity index (χ1n) is 6.65. The molecule has 0 aromatic carbocycles. The lowest BCUT2D eigenvalue weighted by Gasteiger charge is -2.09. The van der Waals surface area contributed by atoms with Crippen molar-refractivity contribution >= 4 is 35.0 Å². The molecule has 0 saturated heterocycles. The van der Waals surface area contributed by atoms with Gasteiger partial charge in [-0.15, -0.1) is 11.3 Å². The molecule has 1 heterocycles. The van der Waals surface area contributed by atoms with Crippen molar-refractivity contribution < 1.29 is 14.3 Å². The predicted octanol–water partition coefficient (Wildman–Crippen LogP) is 2.01. The number of amides is 1. The molecule has 0 aliphatic heterocycles. The van der Waals surface area contributed by atoms with Gasteiger partial charge >= 0.3 is 5.97 Å². The normalized spacial score (nSPS) is 15.7. The zero-order chi connectivity index (χ0) is 14.5. The van der Waals surface area contributed by atoms with E-state index in [2.05, 4.69) is 10.3 Å². The number of aromatic nitrogens is 1. The second kappa shape index (κ2) is 7.08. The van der Waals surface area contributed by atoms with E-state index < -0.39 is 0 Å². The number of carbonyl (C=O) groups is 2. The van der Waals surface area contributed by atoms with Crippen molar-refractivity contribution in [2.24, 2.45) is 0 Å². The summed E-state index contributed by atoms with van der Waals surface area (Å²) >= 11 is 2.88. The summed E-state index contributed by atoms with van der Waals surface area (Å²) in [6.07, 6.45) is 2.36. The van der Waals surface area contributed by atoms with Crippen molar-refractivity contribution in [1.82, 2.24) is 10.3 Å². The molecular formula is C13H18N2O3S2. The van der Waals surface area contributed by atoms with Crippen molar-refractivity contribution in [1.29, 1.82) is 0 Å². The van der Waals surface area contributed by atoms with E-state index in [-0.39, 0.29) is 23.5 Å². The quantitative estimate of drug-likeness (QED) is 0.616. The number of nitrogens with one attached hydrogen (secondary N) is 1. The highest BCUT2D eigenvalue weighted by molar-refractivity contribution is 8.02. The van der Waals surface area contributed by atoms with Gasteiger partial charge in [-0.05, 0) is 26.7 Å². The van der Waals surface area contributed by atoms with Gasteiger partial charge in [0.25, 0.3) is 0 Å². The smallest absolute Gasteiger partial charge is 0.311 e. The van der Waals surface area contributed by atoms with Gasteiger partial charge in [0.15, 0.2) is 4.34 Å². The Morgan fingerprint density at radius 2 is 2.35 bits per heavy atom. The Bertz CT molecular complexity index is 486. The minimum Gasteiger partial charge on any atom is -0.466 e. The van der Waals surface area contributed by atoms with Crippen LogP contribution in [0.2, 0.25) is 0 Å². The number of thioether (sulfide) groups is 1. The SMILES string of the molecule is CCOC(=O)Cc1csc(S[C@H](C)C(=O)NC2CC2)n1. The molecule has 1 amide bonds. The van der Waals surface area contributed by atoms with Crippen LogP contribution in [-0.2, 0) is 20.7 Å². The Kier molecular flexibility index (Phi) is 5.42. The Balaban J connectivity index is 1.81. The molecule has 1 atom stereocenters. The summed E-state index contributed by atoms with van der Waals surface area (Å²) in [6.45, 7) is 4.03. The number of rotatable bonds is 7. The van der Waals surface area contributed by atoms with E-state index >= 15 is 0 Å². The number of carbonyl (C=O) groups excluding carboxylic acids is 2. The van der Waals surface area contributed by atoms with Gasteiger partial charge in [0.2, 0.25) is 5.91 Å². The molecule has 0 spiro atoms. The van der Waals surface area contributed by atoms with Gasteiger partial charge in [-0.1, -0.05) is 11.8 Å². The molecule has 1 fully saturated rings. The van der Waals surface area contributed by atoms with Gasteiger partial charge in [0, 0.05) is 11.4 Å². The number of hydrogen-bond acceptors (Lipinski definition) is 6. The average Bonchev–Trinajstić information content (AvgIpc) is 3.10. The van der Waals surface area contributed by atoms with Gasteiger partial charge < -0.3 is 10.1 Å². The molecule has 5 nitrogen and oxygen atoms in total. The summed E-state index contributed by atoms with van der Waals surface area (Å²) < 4.78 is 5.69. The van der Waals surface area contributed by atoms with E-state index in [1.165, 1.54) is 23.1 Å². The van der Waals surface area contributed by atoms with Crippen LogP contribution >= 0.6 is 23.1 Å². The highest BCUT2D eigenvalue weighted by Crippen LogP contribution is 2.28. The second-order valence-corrected chi connectivity index (χ2v) is 7.08. The second-order valence-electron chi connectivity index (χ2n) is 4.63. The lowest BCUT2D eigenvalue weighted by molar-refractivity contribution is -0.142. The Morgan fingerprint density at radius 1 is 1.60 bits per heavy atom. The maximum atomic E-state index is 11.8. The molecule has 20 heavy (non-hydrogen) atoms. The first kappa shape index (κ1) is 15.3. The molecule has 1 N–H and O–H groups in total. The lowest BCUT2D eigenvalue weighted by atomic mass is 10.3. The van der Waals surface area contributed by atoms with Crippen molar-refractivity contribution in [3.8, 4) is 0 Å². The van der Waals surface area contributed by atoms with Crippen molar-refractivity contribution in [3.05, 3.63) is 11.1 Å². The van der Waals surface area contributed by atoms with Gasteiger partial charge in [-0.2, -0.15) is 0 Å². The van der Waals surface area contributed by atoms with E-state index in [0.717, 1.165) is 17.2 Å². The lowest BCUT2D eigenvalue weighted by Crippen LogP contribution is -2.32. The summed E-state index contributed by atoms with van der Waals surface area (Å²) in [5.74, 6) is -0.214. The Labute approximate surface area is 126 Å². The Morgan fingerprint density at radius 3 is 3.00 bits per heavy atom. The number of thiazole rings is 1. The van der Waals surface area contributed by atoms with Gasteiger partial charge in [0.1, 0.15) is 0 Å². The van der Waals surface area contributed by atoms with Crippen molar-refractivity contribution in [2.45, 2.75) is 48.7 Å². The molecule has 0 unspecified atom stereocenters. The molecule has 7 heteroatoms. The summed E-state index contributed by atoms with van der Waals surface area (Å²) in [5, 5.41) is 4.64. The van der Waals surface area contributed by atoms with Crippen LogP contribution in [0.1, 0.15) is 32.4 Å². The standard InChI is InChI=1S/C13H18N2O3S2/c1-3-18-11(16)6-10-7-19-13(15-10)20-8(2)12(17)14-9-4-5-9/h7-9H,3-6H2,1-2H3,(H,14,17)/t8-/m1/s1. The van der Waals surface area contributed by atoms with Gasteiger partial charge in [-0.3, -0.25) is 9.59 Å². The maximum absolute atomic E-state index is 11.8. The third-order valence-corrected chi connectivity index (χ3v) is 4.85. The van der Waals surface area contributed by atoms with E-state index in [4.69, 9.17) is 4.74 Å². The van der Waals surface area contributed by atoms with Crippen LogP contribution < -0.4 is 5.32 Å². The monoisotopic (exact) mass is 314 g/mol. The van der Waals surface area contributed by atoms with Crippen LogP contribution in [0.25, 0.3) is 0 Å².